The molecule has 0 saturated heterocycles. The van der Waals surface area contributed by atoms with Crippen molar-refractivity contribution in [1.82, 2.24) is 0 Å². The van der Waals surface area contributed by atoms with Gasteiger partial charge in [0.25, 0.3) is 0 Å². The van der Waals surface area contributed by atoms with Crippen LogP contribution in [0.25, 0.3) is 0 Å². The molecule has 0 aliphatic heterocycles. The summed E-state index contributed by atoms with van der Waals surface area (Å²) in [4.78, 5) is 0.801. The normalized spacial score (nSPS) is 10.7. The standard InChI is InChI=1S/C13H12ClF2NOS/c14-12-2-1-9(19-12)7-18-13-10(15)5-8(3-4-17)6-11(13)16/h1-2,5-6H,3-4,7,17H2. The van der Waals surface area contributed by atoms with Crippen LogP contribution in [0.5, 0.6) is 5.75 Å². The van der Waals surface area contributed by atoms with E-state index in [1.807, 2.05) is 0 Å². The van der Waals surface area contributed by atoms with Crippen molar-refractivity contribution in [2.45, 2.75) is 13.0 Å². The van der Waals surface area contributed by atoms with Crippen LogP contribution in [0.3, 0.4) is 0 Å². The SMILES string of the molecule is NCCc1cc(F)c(OCc2ccc(Cl)s2)c(F)c1. The Bertz CT molecular complexity index is 551. The number of hydrogen-bond acceptors (Lipinski definition) is 3. The molecule has 2 aromatic rings. The molecule has 0 radical (unpaired) electrons. The van der Waals surface area contributed by atoms with Gasteiger partial charge in [0.05, 0.1) is 4.34 Å². The van der Waals surface area contributed by atoms with Crippen LogP contribution in [-0.2, 0) is 13.0 Å². The Kier molecular flexibility index (Phi) is 4.74. The zero-order chi connectivity index (χ0) is 13.8. The van der Waals surface area contributed by atoms with Crippen molar-refractivity contribution in [3.8, 4) is 5.75 Å². The van der Waals surface area contributed by atoms with E-state index in [1.165, 1.54) is 23.5 Å². The molecule has 1 aromatic heterocycles. The first kappa shape index (κ1) is 14.2. The first-order valence-electron chi connectivity index (χ1n) is 5.65. The third-order valence-electron chi connectivity index (χ3n) is 2.48. The molecule has 19 heavy (non-hydrogen) atoms. The first-order valence-corrected chi connectivity index (χ1v) is 6.84. The first-order chi connectivity index (χ1) is 9.10. The van der Waals surface area contributed by atoms with Crippen molar-refractivity contribution in [1.29, 1.82) is 0 Å². The number of ether oxygens (including phenoxy) is 1. The van der Waals surface area contributed by atoms with E-state index in [-0.39, 0.29) is 12.4 Å². The zero-order valence-electron chi connectivity index (χ0n) is 9.96. The molecule has 0 bridgehead atoms. The Morgan fingerprint density at radius 3 is 2.42 bits per heavy atom. The van der Waals surface area contributed by atoms with E-state index in [0.29, 0.717) is 22.9 Å². The molecule has 0 amide bonds. The lowest BCUT2D eigenvalue weighted by atomic mass is 10.1. The molecule has 0 atom stereocenters. The van der Waals surface area contributed by atoms with Gasteiger partial charge in [-0.15, -0.1) is 11.3 Å². The van der Waals surface area contributed by atoms with Crippen LogP contribution >= 0.6 is 22.9 Å². The monoisotopic (exact) mass is 303 g/mol. The number of nitrogens with two attached hydrogens (primary N) is 1. The molecule has 1 heterocycles. The van der Waals surface area contributed by atoms with Gasteiger partial charge in [0.1, 0.15) is 6.61 Å². The smallest absolute Gasteiger partial charge is 0.191 e. The second-order valence-electron chi connectivity index (χ2n) is 3.92. The number of benzene rings is 1. The summed E-state index contributed by atoms with van der Waals surface area (Å²) in [7, 11) is 0. The third kappa shape index (κ3) is 3.65. The summed E-state index contributed by atoms with van der Waals surface area (Å²) < 4.78 is 33.2. The fourth-order valence-corrected chi connectivity index (χ4v) is 2.63. The number of thiophene rings is 1. The molecular weight excluding hydrogens is 292 g/mol. The summed E-state index contributed by atoms with van der Waals surface area (Å²) in [5.41, 5.74) is 5.87. The van der Waals surface area contributed by atoms with Crippen LogP contribution in [0.4, 0.5) is 8.78 Å². The van der Waals surface area contributed by atoms with Gasteiger partial charge in [-0.2, -0.15) is 0 Å². The van der Waals surface area contributed by atoms with Crippen molar-refractivity contribution < 1.29 is 13.5 Å². The Morgan fingerprint density at radius 1 is 1.21 bits per heavy atom. The van der Waals surface area contributed by atoms with Crippen LogP contribution in [0.2, 0.25) is 4.34 Å². The minimum absolute atomic E-state index is 0.0848. The molecule has 1 aromatic carbocycles. The molecule has 6 heteroatoms. The van der Waals surface area contributed by atoms with Crippen LogP contribution in [0.1, 0.15) is 10.4 Å². The minimum atomic E-state index is -0.717. The number of halogens is 3. The highest BCUT2D eigenvalue weighted by molar-refractivity contribution is 7.16. The molecule has 0 saturated carbocycles. The van der Waals surface area contributed by atoms with Gasteiger partial charge in [-0.25, -0.2) is 8.78 Å². The maximum absolute atomic E-state index is 13.7. The van der Waals surface area contributed by atoms with E-state index >= 15 is 0 Å². The van der Waals surface area contributed by atoms with Crippen LogP contribution in [0, 0.1) is 11.6 Å². The lowest BCUT2D eigenvalue weighted by molar-refractivity contribution is 0.276. The lowest BCUT2D eigenvalue weighted by Crippen LogP contribution is -2.05. The van der Waals surface area contributed by atoms with E-state index in [2.05, 4.69) is 0 Å². The zero-order valence-corrected chi connectivity index (χ0v) is 11.5. The van der Waals surface area contributed by atoms with Crippen molar-refractivity contribution in [2.24, 2.45) is 5.73 Å². The van der Waals surface area contributed by atoms with E-state index in [4.69, 9.17) is 22.1 Å². The van der Waals surface area contributed by atoms with Gasteiger partial charge in [-0.3, -0.25) is 0 Å². The predicted molar refractivity (Wildman–Crippen MR) is 72.8 cm³/mol. The van der Waals surface area contributed by atoms with Crippen molar-refractivity contribution in [3.63, 3.8) is 0 Å². The number of rotatable bonds is 5. The molecule has 2 rings (SSSR count). The van der Waals surface area contributed by atoms with E-state index in [9.17, 15) is 8.78 Å². The van der Waals surface area contributed by atoms with Crippen molar-refractivity contribution in [3.05, 3.63) is 50.7 Å². The van der Waals surface area contributed by atoms with E-state index < -0.39 is 11.6 Å². The Labute approximate surface area is 118 Å². The summed E-state index contributed by atoms with van der Waals surface area (Å²) >= 11 is 7.07. The summed E-state index contributed by atoms with van der Waals surface area (Å²) in [6.45, 7) is 0.425. The lowest BCUT2D eigenvalue weighted by Gasteiger charge is -2.09. The van der Waals surface area contributed by atoms with E-state index in [0.717, 1.165) is 4.88 Å². The third-order valence-corrected chi connectivity index (χ3v) is 3.68. The molecule has 2 nitrogen and oxygen atoms in total. The molecule has 0 fully saturated rings. The van der Waals surface area contributed by atoms with Gasteiger partial charge in [0.15, 0.2) is 17.4 Å². The van der Waals surface area contributed by atoms with Gasteiger partial charge in [0, 0.05) is 4.88 Å². The van der Waals surface area contributed by atoms with Crippen LogP contribution < -0.4 is 10.5 Å². The Morgan fingerprint density at radius 2 is 1.89 bits per heavy atom. The Hall–Kier alpha value is -1.17. The van der Waals surface area contributed by atoms with Crippen molar-refractivity contribution >= 4 is 22.9 Å². The van der Waals surface area contributed by atoms with Gasteiger partial charge in [-0.1, -0.05) is 11.6 Å². The topological polar surface area (TPSA) is 35.2 Å². The second kappa shape index (κ2) is 6.32. The van der Waals surface area contributed by atoms with Gasteiger partial charge in [0.2, 0.25) is 0 Å². The minimum Gasteiger partial charge on any atom is -0.482 e. The average molecular weight is 304 g/mol. The second-order valence-corrected chi connectivity index (χ2v) is 5.72. The van der Waals surface area contributed by atoms with Gasteiger partial charge in [-0.05, 0) is 42.8 Å². The maximum Gasteiger partial charge on any atom is 0.191 e. The largest absolute Gasteiger partial charge is 0.482 e. The summed E-state index contributed by atoms with van der Waals surface area (Å²) in [6.07, 6.45) is 0.425. The van der Waals surface area contributed by atoms with Crippen LogP contribution in [-0.4, -0.2) is 6.54 Å². The number of hydrogen-bond donors (Lipinski definition) is 1. The summed E-state index contributed by atoms with van der Waals surface area (Å²) in [6, 6.07) is 5.95. The summed E-state index contributed by atoms with van der Waals surface area (Å²) in [5.74, 6) is -1.80. The molecule has 2 N–H and O–H groups in total. The molecule has 102 valence electrons. The highest BCUT2D eigenvalue weighted by Crippen LogP contribution is 2.27. The van der Waals surface area contributed by atoms with Crippen LogP contribution in [0.15, 0.2) is 24.3 Å². The van der Waals surface area contributed by atoms with Gasteiger partial charge >= 0.3 is 0 Å². The molecule has 0 aliphatic carbocycles. The average Bonchev–Trinajstić information content (AvgIpc) is 2.74. The highest BCUT2D eigenvalue weighted by Gasteiger charge is 2.13. The fourth-order valence-electron chi connectivity index (χ4n) is 1.63. The molecule has 0 spiro atoms. The summed E-state index contributed by atoms with van der Waals surface area (Å²) in [5, 5.41) is 0. The quantitative estimate of drug-likeness (QED) is 0.913. The molecule has 0 aliphatic rings. The molecule has 0 unspecified atom stereocenters. The fraction of sp³-hybridized carbons (Fsp3) is 0.231. The Balaban J connectivity index is 2.11. The van der Waals surface area contributed by atoms with E-state index in [1.54, 1.807) is 12.1 Å². The molecular formula is C13H12ClF2NOS. The van der Waals surface area contributed by atoms with Gasteiger partial charge < -0.3 is 10.5 Å². The predicted octanol–water partition coefficient (Wildman–Crippen LogP) is 3.76. The highest BCUT2D eigenvalue weighted by atomic mass is 35.5. The maximum atomic E-state index is 13.7. The van der Waals surface area contributed by atoms with Crippen molar-refractivity contribution in [2.75, 3.05) is 6.54 Å².